The van der Waals surface area contributed by atoms with Crippen LogP contribution in [-0.4, -0.2) is 14.7 Å². The highest BCUT2D eigenvalue weighted by molar-refractivity contribution is 9.10. The molecule has 1 aromatic carbocycles. The minimum absolute atomic E-state index is 0.124. The highest BCUT2D eigenvalue weighted by Crippen LogP contribution is 2.35. The van der Waals surface area contributed by atoms with Gasteiger partial charge in [0.2, 0.25) is 11.6 Å². The maximum absolute atomic E-state index is 11.1. The number of aryl methyl sites for hydroxylation is 2. The molecule has 0 fully saturated rings. The first kappa shape index (κ1) is 14.5. The molecule has 0 aliphatic rings. The molecular weight excluding hydrogens is 328 g/mol. The predicted octanol–water partition coefficient (Wildman–Crippen LogP) is 2.65. The highest BCUT2D eigenvalue weighted by atomic mass is 79.9. The van der Waals surface area contributed by atoms with E-state index in [1.54, 1.807) is 13.1 Å². The van der Waals surface area contributed by atoms with Crippen LogP contribution in [0.1, 0.15) is 11.3 Å². The lowest BCUT2D eigenvalue weighted by Crippen LogP contribution is -2.02. The van der Waals surface area contributed by atoms with Crippen molar-refractivity contribution in [2.24, 2.45) is 12.8 Å². The van der Waals surface area contributed by atoms with Crippen molar-refractivity contribution in [3.8, 4) is 11.6 Å². The Labute approximate surface area is 123 Å². The van der Waals surface area contributed by atoms with Gasteiger partial charge in [-0.1, -0.05) is 15.9 Å². The molecule has 7 nitrogen and oxygen atoms in total. The fraction of sp³-hybridized carbons (Fsp3) is 0.250. The Kier molecular flexibility index (Phi) is 4.05. The van der Waals surface area contributed by atoms with Crippen molar-refractivity contribution >= 4 is 21.6 Å². The summed E-state index contributed by atoms with van der Waals surface area (Å²) in [5.41, 5.74) is 7.01. The molecule has 0 atom stereocenters. The molecule has 2 N–H and O–H groups in total. The van der Waals surface area contributed by atoms with Gasteiger partial charge in [-0.05, 0) is 19.1 Å². The number of benzene rings is 1. The minimum atomic E-state index is -0.495. The second-order valence-electron chi connectivity index (χ2n) is 4.17. The molecule has 8 heteroatoms. The van der Waals surface area contributed by atoms with E-state index in [1.165, 1.54) is 16.8 Å². The first-order valence-electron chi connectivity index (χ1n) is 5.78. The second kappa shape index (κ2) is 5.59. The summed E-state index contributed by atoms with van der Waals surface area (Å²) >= 11 is 3.20. The second-order valence-corrected chi connectivity index (χ2v) is 5.08. The lowest BCUT2D eigenvalue weighted by molar-refractivity contribution is -0.385. The number of hydrogen-bond acceptors (Lipinski definition) is 5. The average molecular weight is 341 g/mol. The molecule has 20 heavy (non-hydrogen) atoms. The van der Waals surface area contributed by atoms with Crippen LogP contribution in [-0.2, 0) is 13.6 Å². The Bertz CT molecular complexity index is 669. The van der Waals surface area contributed by atoms with Crippen LogP contribution in [0, 0.1) is 17.0 Å². The summed E-state index contributed by atoms with van der Waals surface area (Å²) in [7, 11) is 1.70. The van der Waals surface area contributed by atoms with Crippen LogP contribution in [0.5, 0.6) is 11.6 Å². The van der Waals surface area contributed by atoms with Gasteiger partial charge in [-0.15, -0.1) is 0 Å². The summed E-state index contributed by atoms with van der Waals surface area (Å²) < 4.78 is 7.78. The van der Waals surface area contributed by atoms with Crippen molar-refractivity contribution in [2.75, 3.05) is 0 Å². The summed E-state index contributed by atoms with van der Waals surface area (Å²) in [6.45, 7) is 2.06. The Morgan fingerprint density at radius 1 is 1.55 bits per heavy atom. The molecule has 0 saturated heterocycles. The van der Waals surface area contributed by atoms with Crippen LogP contribution in [0.4, 0.5) is 5.69 Å². The number of hydrogen-bond donors (Lipinski definition) is 1. The molecule has 2 rings (SSSR count). The predicted molar refractivity (Wildman–Crippen MR) is 76.7 cm³/mol. The van der Waals surface area contributed by atoms with E-state index in [0.29, 0.717) is 10.4 Å². The molecule has 1 heterocycles. The quantitative estimate of drug-likeness (QED) is 0.681. The number of aromatic nitrogens is 2. The molecule has 2 aromatic rings. The van der Waals surface area contributed by atoms with Gasteiger partial charge >= 0.3 is 5.69 Å². The highest BCUT2D eigenvalue weighted by Gasteiger charge is 2.20. The van der Waals surface area contributed by atoms with Gasteiger partial charge in [0, 0.05) is 24.1 Å². The van der Waals surface area contributed by atoms with E-state index < -0.39 is 4.92 Å². The Hall–Kier alpha value is -1.93. The van der Waals surface area contributed by atoms with Crippen LogP contribution in [0.15, 0.2) is 22.7 Å². The van der Waals surface area contributed by atoms with E-state index in [2.05, 4.69) is 21.0 Å². The molecule has 0 spiro atoms. The van der Waals surface area contributed by atoms with Crippen LogP contribution in [0.25, 0.3) is 0 Å². The van der Waals surface area contributed by atoms with Crippen LogP contribution in [0.2, 0.25) is 0 Å². The molecule has 0 unspecified atom stereocenters. The minimum Gasteiger partial charge on any atom is -0.432 e. The van der Waals surface area contributed by atoms with Gasteiger partial charge in [0.1, 0.15) is 0 Å². The van der Waals surface area contributed by atoms with E-state index >= 15 is 0 Å². The van der Waals surface area contributed by atoms with E-state index in [-0.39, 0.29) is 18.0 Å². The number of nitrogens with zero attached hydrogens (tertiary/aromatic N) is 3. The normalized spacial score (nSPS) is 10.6. The average Bonchev–Trinajstić information content (AvgIpc) is 2.65. The van der Waals surface area contributed by atoms with Gasteiger partial charge in [-0.25, -0.2) is 4.68 Å². The van der Waals surface area contributed by atoms with Crippen LogP contribution in [0.3, 0.4) is 0 Å². The van der Waals surface area contributed by atoms with Gasteiger partial charge in [-0.3, -0.25) is 10.1 Å². The third-order valence-corrected chi connectivity index (χ3v) is 3.31. The summed E-state index contributed by atoms with van der Waals surface area (Å²) in [4.78, 5) is 10.6. The van der Waals surface area contributed by atoms with Crippen molar-refractivity contribution in [3.05, 3.63) is 44.0 Å². The summed E-state index contributed by atoms with van der Waals surface area (Å²) in [6, 6.07) is 4.60. The van der Waals surface area contributed by atoms with E-state index in [4.69, 9.17) is 10.5 Å². The lowest BCUT2D eigenvalue weighted by atomic mass is 10.2. The number of nitro groups is 1. The summed E-state index contributed by atoms with van der Waals surface area (Å²) in [6.07, 6.45) is 0. The zero-order valence-electron chi connectivity index (χ0n) is 11.0. The van der Waals surface area contributed by atoms with E-state index in [9.17, 15) is 10.1 Å². The van der Waals surface area contributed by atoms with Crippen molar-refractivity contribution in [2.45, 2.75) is 13.5 Å². The topological polar surface area (TPSA) is 96.2 Å². The van der Waals surface area contributed by atoms with Gasteiger partial charge in [0.15, 0.2) is 0 Å². The van der Waals surface area contributed by atoms with Crippen LogP contribution >= 0.6 is 15.9 Å². The zero-order valence-corrected chi connectivity index (χ0v) is 12.5. The number of nitrogens with two attached hydrogens (primary N) is 1. The maximum Gasteiger partial charge on any atom is 0.312 e. The molecule has 106 valence electrons. The maximum atomic E-state index is 11.1. The zero-order chi connectivity index (χ0) is 14.9. The van der Waals surface area contributed by atoms with Gasteiger partial charge in [0.05, 0.1) is 16.2 Å². The van der Waals surface area contributed by atoms with Gasteiger partial charge in [0.25, 0.3) is 0 Å². The van der Waals surface area contributed by atoms with E-state index in [1.807, 2.05) is 6.92 Å². The molecule has 0 radical (unpaired) electrons. The fourth-order valence-corrected chi connectivity index (χ4v) is 2.22. The van der Waals surface area contributed by atoms with Gasteiger partial charge < -0.3 is 10.5 Å². The summed E-state index contributed by atoms with van der Waals surface area (Å²) in [5, 5.41) is 15.3. The molecule has 0 aliphatic carbocycles. The lowest BCUT2D eigenvalue weighted by Gasteiger charge is -2.08. The standard InChI is InChI=1S/C12H13BrN4O3/c1-7-9(6-14)12(16(2)15-7)20-11-4-3-8(13)5-10(11)17(18)19/h3-5H,6,14H2,1-2H3. The Morgan fingerprint density at radius 2 is 2.25 bits per heavy atom. The number of halogens is 1. The SMILES string of the molecule is Cc1nn(C)c(Oc2ccc(Br)cc2[N+](=O)[O-])c1CN. The molecule has 0 bridgehead atoms. The fourth-order valence-electron chi connectivity index (χ4n) is 1.87. The first-order valence-corrected chi connectivity index (χ1v) is 6.57. The molecule has 0 saturated carbocycles. The van der Waals surface area contributed by atoms with Crippen molar-refractivity contribution in [1.82, 2.24) is 9.78 Å². The van der Waals surface area contributed by atoms with Crippen molar-refractivity contribution in [3.63, 3.8) is 0 Å². The third kappa shape index (κ3) is 2.66. The smallest absolute Gasteiger partial charge is 0.312 e. The molecule has 0 aliphatic heterocycles. The largest absolute Gasteiger partial charge is 0.432 e. The van der Waals surface area contributed by atoms with Gasteiger partial charge in [-0.2, -0.15) is 5.10 Å². The monoisotopic (exact) mass is 340 g/mol. The third-order valence-electron chi connectivity index (χ3n) is 2.82. The first-order chi connectivity index (χ1) is 9.43. The number of ether oxygens (including phenoxy) is 1. The van der Waals surface area contributed by atoms with E-state index in [0.717, 1.165) is 11.3 Å². The number of nitro benzene ring substituents is 1. The Morgan fingerprint density at radius 3 is 2.85 bits per heavy atom. The Balaban J connectivity index is 2.48. The van der Waals surface area contributed by atoms with Crippen molar-refractivity contribution < 1.29 is 9.66 Å². The van der Waals surface area contributed by atoms with Crippen molar-refractivity contribution in [1.29, 1.82) is 0 Å². The number of rotatable bonds is 4. The molecule has 0 amide bonds. The molecular formula is C12H13BrN4O3. The summed E-state index contributed by atoms with van der Waals surface area (Å²) in [5.74, 6) is 0.561. The van der Waals surface area contributed by atoms with Crippen LogP contribution < -0.4 is 10.5 Å². The molecule has 1 aromatic heterocycles.